The highest BCUT2D eigenvalue weighted by Crippen LogP contribution is 2.22. The molecule has 7 nitrogen and oxygen atoms in total. The molecule has 2 saturated heterocycles. The van der Waals surface area contributed by atoms with E-state index in [1.807, 2.05) is 0 Å². The monoisotopic (exact) mass is 280 g/mol. The predicted molar refractivity (Wildman–Crippen MR) is 70.2 cm³/mol. The third-order valence-corrected chi connectivity index (χ3v) is 4.05. The van der Waals surface area contributed by atoms with Crippen LogP contribution in [0.15, 0.2) is 4.52 Å². The molecule has 2 aliphatic rings. The Morgan fingerprint density at radius 2 is 2.15 bits per heavy atom. The zero-order valence-electron chi connectivity index (χ0n) is 11.7. The molecule has 1 N–H and O–H groups in total. The molecule has 0 aromatic carbocycles. The van der Waals surface area contributed by atoms with Gasteiger partial charge in [-0.25, -0.2) is 0 Å². The molecule has 1 unspecified atom stereocenters. The Morgan fingerprint density at radius 1 is 1.35 bits per heavy atom. The minimum atomic E-state index is -0.176. The van der Waals surface area contributed by atoms with Crippen molar-refractivity contribution in [2.45, 2.75) is 37.8 Å². The van der Waals surface area contributed by atoms with Gasteiger partial charge in [0, 0.05) is 26.3 Å². The van der Waals surface area contributed by atoms with Crippen LogP contribution in [-0.4, -0.2) is 53.8 Å². The average Bonchev–Trinajstić information content (AvgIpc) is 3.17. The average molecular weight is 280 g/mol. The van der Waals surface area contributed by atoms with E-state index in [0.29, 0.717) is 19.1 Å². The molecule has 1 amide bonds. The van der Waals surface area contributed by atoms with Crippen LogP contribution in [-0.2, 0) is 4.74 Å². The fourth-order valence-corrected chi connectivity index (χ4v) is 2.75. The van der Waals surface area contributed by atoms with E-state index in [1.165, 1.54) is 0 Å². The van der Waals surface area contributed by atoms with Crippen LogP contribution in [0.2, 0.25) is 0 Å². The number of amides is 1. The van der Waals surface area contributed by atoms with Gasteiger partial charge < -0.3 is 19.5 Å². The molecule has 110 valence electrons. The maximum Gasteiger partial charge on any atom is 0.295 e. The van der Waals surface area contributed by atoms with Crippen molar-refractivity contribution in [3.63, 3.8) is 0 Å². The molecule has 0 aliphatic carbocycles. The van der Waals surface area contributed by atoms with Crippen molar-refractivity contribution in [1.82, 2.24) is 20.4 Å². The third kappa shape index (κ3) is 2.69. The van der Waals surface area contributed by atoms with Crippen molar-refractivity contribution in [1.29, 1.82) is 0 Å². The van der Waals surface area contributed by atoms with Gasteiger partial charge in [0.1, 0.15) is 0 Å². The first-order valence-corrected chi connectivity index (χ1v) is 7.17. The van der Waals surface area contributed by atoms with Crippen molar-refractivity contribution in [2.24, 2.45) is 0 Å². The second-order valence-corrected chi connectivity index (χ2v) is 5.36. The first-order chi connectivity index (χ1) is 9.75. The summed E-state index contributed by atoms with van der Waals surface area (Å²) in [6.45, 7) is 2.36. The molecular weight excluding hydrogens is 260 g/mol. The van der Waals surface area contributed by atoms with E-state index in [0.717, 1.165) is 32.2 Å². The van der Waals surface area contributed by atoms with Crippen LogP contribution in [0.3, 0.4) is 0 Å². The molecule has 3 rings (SSSR count). The van der Waals surface area contributed by atoms with Crippen LogP contribution in [0.5, 0.6) is 0 Å². The van der Waals surface area contributed by atoms with Crippen LogP contribution >= 0.6 is 0 Å². The zero-order chi connectivity index (χ0) is 13.9. The van der Waals surface area contributed by atoms with Crippen LogP contribution in [0.1, 0.15) is 48.2 Å². The van der Waals surface area contributed by atoms with E-state index in [9.17, 15) is 4.79 Å². The van der Waals surface area contributed by atoms with Crippen LogP contribution in [0.25, 0.3) is 0 Å². The summed E-state index contributed by atoms with van der Waals surface area (Å²) < 4.78 is 10.5. The third-order valence-electron chi connectivity index (χ3n) is 4.05. The van der Waals surface area contributed by atoms with Gasteiger partial charge in [-0.1, -0.05) is 5.16 Å². The van der Waals surface area contributed by atoms with Crippen LogP contribution in [0.4, 0.5) is 0 Å². The lowest BCUT2D eigenvalue weighted by atomic mass is 10.1. The van der Waals surface area contributed by atoms with E-state index < -0.39 is 0 Å². The summed E-state index contributed by atoms with van der Waals surface area (Å²) in [5.41, 5.74) is 0. The number of ether oxygens (including phenoxy) is 1. The number of carbonyl (C=O) groups is 1. The number of nitrogens with zero attached hydrogens (tertiary/aromatic N) is 3. The Bertz CT molecular complexity index is 464. The number of hydrogen-bond donors (Lipinski definition) is 1. The van der Waals surface area contributed by atoms with Gasteiger partial charge in [0.2, 0.25) is 5.89 Å². The molecule has 2 aliphatic heterocycles. The number of aromatic nitrogens is 2. The van der Waals surface area contributed by atoms with Gasteiger partial charge in [0.05, 0.1) is 6.04 Å². The van der Waals surface area contributed by atoms with E-state index in [4.69, 9.17) is 9.26 Å². The van der Waals surface area contributed by atoms with Crippen molar-refractivity contribution < 1.29 is 14.1 Å². The molecule has 3 heterocycles. The van der Waals surface area contributed by atoms with Crippen molar-refractivity contribution in [2.75, 3.05) is 26.8 Å². The Morgan fingerprint density at radius 3 is 2.85 bits per heavy atom. The second kappa shape index (κ2) is 5.88. The topological polar surface area (TPSA) is 80.5 Å². The number of nitrogens with one attached hydrogen (secondary N) is 1. The number of rotatable bonds is 3. The maximum atomic E-state index is 12.4. The maximum absolute atomic E-state index is 12.4. The first-order valence-electron chi connectivity index (χ1n) is 7.17. The molecule has 0 radical (unpaired) electrons. The van der Waals surface area contributed by atoms with E-state index in [1.54, 1.807) is 11.9 Å². The smallest absolute Gasteiger partial charge is 0.295 e. The molecule has 0 saturated carbocycles. The standard InChI is InChI=1S/C13H20N4O3/c1-17(9-4-7-19-8-5-9)13(18)11-15-12(20-16-11)10-3-2-6-14-10/h9-10,14H,2-8H2,1H3. The SMILES string of the molecule is CN(C(=O)c1noc(C2CCCN2)n1)C1CCOCC1. The highest BCUT2D eigenvalue weighted by molar-refractivity contribution is 5.90. The molecule has 0 bridgehead atoms. The first kappa shape index (κ1) is 13.5. The molecule has 1 aromatic heterocycles. The van der Waals surface area contributed by atoms with E-state index in [2.05, 4.69) is 15.5 Å². The Kier molecular flexibility index (Phi) is 3.98. The van der Waals surface area contributed by atoms with Crippen molar-refractivity contribution in [3.05, 3.63) is 11.7 Å². The zero-order valence-corrected chi connectivity index (χ0v) is 11.7. The van der Waals surface area contributed by atoms with Crippen molar-refractivity contribution >= 4 is 5.91 Å². The lowest BCUT2D eigenvalue weighted by molar-refractivity contribution is 0.0354. The lowest BCUT2D eigenvalue weighted by Crippen LogP contribution is -2.41. The number of hydrogen-bond acceptors (Lipinski definition) is 6. The summed E-state index contributed by atoms with van der Waals surface area (Å²) in [4.78, 5) is 18.3. The summed E-state index contributed by atoms with van der Waals surface area (Å²) in [7, 11) is 1.79. The Balaban J connectivity index is 1.66. The summed E-state index contributed by atoms with van der Waals surface area (Å²) in [5.74, 6) is 0.499. The quantitative estimate of drug-likeness (QED) is 0.880. The van der Waals surface area contributed by atoms with Gasteiger partial charge in [-0.05, 0) is 32.2 Å². The minimum Gasteiger partial charge on any atom is -0.381 e. The number of carbonyl (C=O) groups excluding carboxylic acids is 1. The molecule has 2 fully saturated rings. The fraction of sp³-hybridized carbons (Fsp3) is 0.769. The molecule has 0 spiro atoms. The van der Waals surface area contributed by atoms with Gasteiger partial charge in [-0.15, -0.1) is 0 Å². The molecule has 1 aromatic rings. The highest BCUT2D eigenvalue weighted by atomic mass is 16.5. The second-order valence-electron chi connectivity index (χ2n) is 5.36. The van der Waals surface area contributed by atoms with E-state index in [-0.39, 0.29) is 23.8 Å². The summed E-state index contributed by atoms with van der Waals surface area (Å²) >= 11 is 0. The molecule has 1 atom stereocenters. The largest absolute Gasteiger partial charge is 0.381 e. The van der Waals surface area contributed by atoms with Gasteiger partial charge in [0.15, 0.2) is 0 Å². The summed E-state index contributed by atoms with van der Waals surface area (Å²) in [5, 5.41) is 7.11. The Hall–Kier alpha value is -1.47. The molecule has 20 heavy (non-hydrogen) atoms. The lowest BCUT2D eigenvalue weighted by Gasteiger charge is -2.30. The molecular formula is C13H20N4O3. The molecule has 7 heteroatoms. The van der Waals surface area contributed by atoms with Crippen molar-refractivity contribution in [3.8, 4) is 0 Å². The predicted octanol–water partition coefficient (Wildman–Crippen LogP) is 0.745. The van der Waals surface area contributed by atoms with E-state index >= 15 is 0 Å². The summed E-state index contributed by atoms with van der Waals surface area (Å²) in [6, 6.07) is 0.292. The van der Waals surface area contributed by atoms with Gasteiger partial charge in [-0.3, -0.25) is 4.79 Å². The van der Waals surface area contributed by atoms with Gasteiger partial charge >= 0.3 is 0 Å². The minimum absolute atomic E-state index is 0.0948. The van der Waals surface area contributed by atoms with Crippen LogP contribution < -0.4 is 5.32 Å². The highest BCUT2D eigenvalue weighted by Gasteiger charge is 2.28. The van der Waals surface area contributed by atoms with Crippen LogP contribution in [0, 0.1) is 0 Å². The normalized spacial score (nSPS) is 23.9. The van der Waals surface area contributed by atoms with Gasteiger partial charge in [-0.2, -0.15) is 4.98 Å². The Labute approximate surface area is 117 Å². The van der Waals surface area contributed by atoms with Gasteiger partial charge in [0.25, 0.3) is 11.7 Å². The summed E-state index contributed by atoms with van der Waals surface area (Å²) in [6.07, 6.45) is 3.79. The fourth-order valence-electron chi connectivity index (χ4n) is 2.75.